The summed E-state index contributed by atoms with van der Waals surface area (Å²) in [5.74, 6) is 1.24. The van der Waals surface area contributed by atoms with Gasteiger partial charge in [0.25, 0.3) is 0 Å². The topological polar surface area (TPSA) is 66.7 Å². The van der Waals surface area contributed by atoms with Crippen LogP contribution in [0.4, 0.5) is 5.82 Å². The van der Waals surface area contributed by atoms with Gasteiger partial charge in [-0.1, -0.05) is 0 Å². The van der Waals surface area contributed by atoms with Gasteiger partial charge in [0.15, 0.2) is 17.3 Å². The summed E-state index contributed by atoms with van der Waals surface area (Å²) in [6, 6.07) is 7.12. The molecule has 0 fully saturated rings. The zero-order valence-electron chi connectivity index (χ0n) is 12.2. The van der Waals surface area contributed by atoms with Crippen molar-refractivity contribution < 1.29 is 9.84 Å². The predicted octanol–water partition coefficient (Wildman–Crippen LogP) is 3.76. The molecule has 2 heterocycles. The van der Waals surface area contributed by atoms with E-state index in [0.29, 0.717) is 5.75 Å². The largest absolute Gasteiger partial charge is 0.504 e. The Kier molecular flexibility index (Phi) is 3.93. The molecular weight excluding hydrogens is 298 g/mol. The number of aromatic hydroxyl groups is 1. The minimum atomic E-state index is 0.0835. The first kappa shape index (κ1) is 14.3. The molecular formula is C16H15N3O2S. The molecule has 112 valence electrons. The Morgan fingerprint density at radius 2 is 2.23 bits per heavy atom. The minimum absolute atomic E-state index is 0.0835. The van der Waals surface area contributed by atoms with Gasteiger partial charge in [0, 0.05) is 16.3 Å². The van der Waals surface area contributed by atoms with E-state index in [-0.39, 0.29) is 5.75 Å². The highest BCUT2D eigenvalue weighted by molar-refractivity contribution is 7.17. The quantitative estimate of drug-likeness (QED) is 0.568. The zero-order valence-corrected chi connectivity index (χ0v) is 13.0. The molecule has 2 N–H and O–H groups in total. The lowest BCUT2D eigenvalue weighted by molar-refractivity contribution is 0.373. The molecule has 0 bridgehead atoms. The van der Waals surface area contributed by atoms with E-state index in [9.17, 15) is 5.11 Å². The van der Waals surface area contributed by atoms with E-state index in [0.717, 1.165) is 22.3 Å². The molecule has 0 aliphatic heterocycles. The summed E-state index contributed by atoms with van der Waals surface area (Å²) in [5.41, 5.74) is 4.87. The van der Waals surface area contributed by atoms with Crippen LogP contribution in [-0.4, -0.2) is 23.4 Å². The maximum Gasteiger partial charge on any atom is 0.160 e. The second kappa shape index (κ2) is 6.03. The number of anilines is 1. The third-order valence-electron chi connectivity index (χ3n) is 3.25. The number of thiophene rings is 1. The van der Waals surface area contributed by atoms with Crippen molar-refractivity contribution >= 4 is 33.5 Å². The summed E-state index contributed by atoms with van der Waals surface area (Å²) in [6.45, 7) is 2.04. The number of ether oxygens (including phenoxy) is 1. The molecule has 0 radical (unpaired) electrons. The highest BCUT2D eigenvalue weighted by Gasteiger charge is 2.05. The Bertz CT molecular complexity index is 843. The van der Waals surface area contributed by atoms with Gasteiger partial charge in [0.1, 0.15) is 0 Å². The number of fused-ring (bicyclic) bond motifs is 1. The number of methoxy groups -OCH3 is 1. The fourth-order valence-electron chi connectivity index (χ4n) is 2.14. The van der Waals surface area contributed by atoms with Gasteiger partial charge < -0.3 is 9.84 Å². The number of hydrogen-bond donors (Lipinski definition) is 2. The monoisotopic (exact) mass is 313 g/mol. The number of aryl methyl sites for hydroxylation is 1. The maximum absolute atomic E-state index is 9.73. The van der Waals surface area contributed by atoms with E-state index in [4.69, 9.17) is 4.74 Å². The van der Waals surface area contributed by atoms with Gasteiger partial charge in [-0.05, 0) is 47.7 Å². The zero-order chi connectivity index (χ0) is 15.5. The smallest absolute Gasteiger partial charge is 0.160 e. The fraction of sp³-hybridized carbons (Fsp3) is 0.125. The van der Waals surface area contributed by atoms with Crippen molar-refractivity contribution in [1.82, 2.24) is 4.98 Å². The van der Waals surface area contributed by atoms with Crippen molar-refractivity contribution in [3.63, 3.8) is 0 Å². The normalized spacial score (nSPS) is 11.2. The Morgan fingerprint density at radius 3 is 3.00 bits per heavy atom. The first-order chi connectivity index (χ1) is 10.7. The Hall–Kier alpha value is -2.60. The number of hydrazone groups is 1. The van der Waals surface area contributed by atoms with Crippen molar-refractivity contribution in [3.8, 4) is 11.5 Å². The number of pyridine rings is 1. The lowest BCUT2D eigenvalue weighted by Gasteiger charge is -2.04. The van der Waals surface area contributed by atoms with Gasteiger partial charge in [-0.15, -0.1) is 11.3 Å². The molecule has 6 heteroatoms. The molecule has 5 nitrogen and oxygen atoms in total. The van der Waals surface area contributed by atoms with E-state index in [1.165, 1.54) is 11.8 Å². The molecule has 0 aliphatic rings. The van der Waals surface area contributed by atoms with Gasteiger partial charge in [-0.25, -0.2) is 4.98 Å². The van der Waals surface area contributed by atoms with E-state index >= 15 is 0 Å². The molecule has 0 atom stereocenters. The Balaban J connectivity index is 1.80. The summed E-state index contributed by atoms with van der Waals surface area (Å²) in [4.78, 5) is 4.37. The van der Waals surface area contributed by atoms with Gasteiger partial charge >= 0.3 is 0 Å². The first-order valence-corrected chi connectivity index (χ1v) is 7.56. The summed E-state index contributed by atoms with van der Waals surface area (Å²) in [6.07, 6.45) is 3.45. The summed E-state index contributed by atoms with van der Waals surface area (Å²) in [5, 5.41) is 17.0. The van der Waals surface area contributed by atoms with Crippen molar-refractivity contribution in [3.05, 3.63) is 47.0 Å². The lowest BCUT2D eigenvalue weighted by atomic mass is 10.2. The van der Waals surface area contributed by atoms with E-state index in [1.807, 2.05) is 30.6 Å². The number of nitrogens with one attached hydrogen (secondary N) is 1. The van der Waals surface area contributed by atoms with Gasteiger partial charge in [0.05, 0.1) is 13.3 Å². The number of hydrogen-bond acceptors (Lipinski definition) is 6. The highest BCUT2D eigenvalue weighted by Crippen LogP contribution is 2.29. The van der Waals surface area contributed by atoms with Crippen LogP contribution in [0.15, 0.2) is 40.9 Å². The number of phenols is 1. The number of benzene rings is 1. The SMILES string of the molecule is COc1ccc(C=NNc2ncc(C)c3sccc23)cc1O. The standard InChI is InChI=1S/C16H15N3O2S/c1-10-8-17-16(12-5-6-22-15(10)12)19-18-9-11-3-4-14(21-2)13(20)7-11/h3-9,20H,1-2H3,(H,17,19). The number of nitrogens with zero attached hydrogens (tertiary/aromatic N) is 2. The van der Waals surface area contributed by atoms with Crippen LogP contribution in [-0.2, 0) is 0 Å². The van der Waals surface area contributed by atoms with Crippen LogP contribution in [0.5, 0.6) is 11.5 Å². The van der Waals surface area contributed by atoms with Crippen LogP contribution in [0.25, 0.3) is 10.1 Å². The molecule has 3 rings (SSSR count). The van der Waals surface area contributed by atoms with Crippen LogP contribution >= 0.6 is 11.3 Å². The van der Waals surface area contributed by atoms with Crippen molar-refractivity contribution in [1.29, 1.82) is 0 Å². The Labute approximate surface area is 131 Å². The van der Waals surface area contributed by atoms with Crippen LogP contribution in [0.2, 0.25) is 0 Å². The van der Waals surface area contributed by atoms with Crippen LogP contribution in [0.1, 0.15) is 11.1 Å². The fourth-order valence-corrected chi connectivity index (χ4v) is 3.01. The van der Waals surface area contributed by atoms with Crippen molar-refractivity contribution in [2.75, 3.05) is 12.5 Å². The molecule has 0 aliphatic carbocycles. The van der Waals surface area contributed by atoms with Crippen molar-refractivity contribution in [2.45, 2.75) is 6.92 Å². The number of phenolic OH excluding ortho intramolecular Hbond substituents is 1. The second-order valence-corrected chi connectivity index (χ2v) is 5.67. The van der Waals surface area contributed by atoms with E-state index < -0.39 is 0 Å². The second-order valence-electron chi connectivity index (χ2n) is 4.75. The molecule has 22 heavy (non-hydrogen) atoms. The van der Waals surface area contributed by atoms with Crippen LogP contribution in [0.3, 0.4) is 0 Å². The third kappa shape index (κ3) is 2.73. The number of aromatic nitrogens is 1. The molecule has 0 amide bonds. The lowest BCUT2D eigenvalue weighted by Crippen LogP contribution is -1.95. The van der Waals surface area contributed by atoms with Crippen LogP contribution < -0.4 is 10.2 Å². The average Bonchev–Trinajstić information content (AvgIpc) is 3.00. The number of rotatable bonds is 4. The van der Waals surface area contributed by atoms with Gasteiger partial charge in [-0.3, -0.25) is 5.43 Å². The van der Waals surface area contributed by atoms with E-state index in [2.05, 4.69) is 15.5 Å². The Morgan fingerprint density at radius 1 is 1.36 bits per heavy atom. The first-order valence-electron chi connectivity index (χ1n) is 6.68. The summed E-state index contributed by atoms with van der Waals surface area (Å²) < 4.78 is 6.21. The predicted molar refractivity (Wildman–Crippen MR) is 90.2 cm³/mol. The third-order valence-corrected chi connectivity index (χ3v) is 4.30. The van der Waals surface area contributed by atoms with E-state index in [1.54, 1.807) is 29.7 Å². The summed E-state index contributed by atoms with van der Waals surface area (Å²) >= 11 is 1.69. The molecule has 0 unspecified atom stereocenters. The molecule has 0 saturated carbocycles. The molecule has 2 aromatic heterocycles. The average molecular weight is 313 g/mol. The molecule has 3 aromatic rings. The highest BCUT2D eigenvalue weighted by atomic mass is 32.1. The molecule has 0 saturated heterocycles. The van der Waals surface area contributed by atoms with Crippen LogP contribution in [0, 0.1) is 6.92 Å². The molecule has 1 aromatic carbocycles. The van der Waals surface area contributed by atoms with Gasteiger partial charge in [0.2, 0.25) is 0 Å². The minimum Gasteiger partial charge on any atom is -0.504 e. The molecule has 0 spiro atoms. The maximum atomic E-state index is 9.73. The van der Waals surface area contributed by atoms with Crippen molar-refractivity contribution in [2.24, 2.45) is 5.10 Å². The summed E-state index contributed by atoms with van der Waals surface area (Å²) in [7, 11) is 1.51. The van der Waals surface area contributed by atoms with Gasteiger partial charge in [-0.2, -0.15) is 5.10 Å².